The molecule has 1 unspecified atom stereocenters. The van der Waals surface area contributed by atoms with Crippen LogP contribution in [0.25, 0.3) is 0 Å². The molecule has 3 rings (SSSR count). The second-order valence-electron chi connectivity index (χ2n) is 11.5. The number of rotatable bonds is 10. The van der Waals surface area contributed by atoms with Crippen LogP contribution in [-0.2, 0) is 32.6 Å². The van der Waals surface area contributed by atoms with Gasteiger partial charge in [0.05, 0.1) is 11.9 Å². The summed E-state index contributed by atoms with van der Waals surface area (Å²) in [6.07, 6.45) is 1.38. The molecule has 214 valence electrons. The molecule has 0 fully saturated rings. The van der Waals surface area contributed by atoms with Gasteiger partial charge in [0.2, 0.25) is 21.8 Å². The lowest BCUT2D eigenvalue weighted by Crippen LogP contribution is -2.56. The van der Waals surface area contributed by atoms with Crippen molar-refractivity contribution in [1.29, 1.82) is 0 Å². The van der Waals surface area contributed by atoms with Gasteiger partial charge in [-0.15, -0.1) is 0 Å². The first-order valence-corrected chi connectivity index (χ1v) is 15.2. The van der Waals surface area contributed by atoms with Gasteiger partial charge in [0.25, 0.3) is 0 Å². The summed E-state index contributed by atoms with van der Waals surface area (Å²) in [6.45, 7) is 11.1. The van der Waals surface area contributed by atoms with Crippen molar-refractivity contribution in [2.45, 2.75) is 66.1 Å². The minimum atomic E-state index is -3.81. The molecular weight excluding hydrogens is 522 g/mol. The zero-order valence-corrected chi connectivity index (χ0v) is 25.4. The number of aryl methyl sites for hydroxylation is 3. The first-order valence-electron chi connectivity index (χ1n) is 13.4. The summed E-state index contributed by atoms with van der Waals surface area (Å²) in [5.74, 6) is -0.758. The van der Waals surface area contributed by atoms with Crippen LogP contribution in [0.4, 0.5) is 5.69 Å². The van der Waals surface area contributed by atoms with Gasteiger partial charge in [0.15, 0.2) is 0 Å². The molecule has 0 saturated heterocycles. The van der Waals surface area contributed by atoms with E-state index in [0.717, 1.165) is 38.4 Å². The van der Waals surface area contributed by atoms with Crippen molar-refractivity contribution in [1.82, 2.24) is 10.2 Å². The molecule has 3 aromatic carbocycles. The second-order valence-corrected chi connectivity index (χ2v) is 13.4. The van der Waals surface area contributed by atoms with Crippen molar-refractivity contribution in [2.75, 3.05) is 17.1 Å². The maximum atomic E-state index is 14.2. The Labute approximate surface area is 239 Å². The zero-order valence-electron chi connectivity index (χ0n) is 24.6. The number of carbonyl (C=O) groups is 2. The Bertz CT molecular complexity index is 1430. The number of carbonyl (C=O) groups excluding carboxylic acids is 2. The van der Waals surface area contributed by atoms with Gasteiger partial charge < -0.3 is 10.2 Å². The number of anilines is 1. The minimum absolute atomic E-state index is 0.151. The SMILES string of the molecule is Cc1ccc(CN(C(=O)CN(c2cc(C)ccc2C)S(C)(=O)=O)C(Cc2ccccc2)C(=O)NC(C)(C)C)cc1. The van der Waals surface area contributed by atoms with E-state index in [4.69, 9.17) is 0 Å². The van der Waals surface area contributed by atoms with E-state index in [0.29, 0.717) is 5.69 Å². The lowest BCUT2D eigenvalue weighted by atomic mass is 10.0. The number of hydrogen-bond acceptors (Lipinski definition) is 4. The maximum absolute atomic E-state index is 14.2. The van der Waals surface area contributed by atoms with Crippen LogP contribution in [-0.4, -0.2) is 49.5 Å². The van der Waals surface area contributed by atoms with E-state index >= 15 is 0 Å². The van der Waals surface area contributed by atoms with Crippen LogP contribution < -0.4 is 9.62 Å². The van der Waals surface area contributed by atoms with E-state index in [9.17, 15) is 18.0 Å². The highest BCUT2D eigenvalue weighted by atomic mass is 32.2. The number of benzene rings is 3. The average molecular weight is 564 g/mol. The average Bonchev–Trinajstić information content (AvgIpc) is 2.86. The summed E-state index contributed by atoms with van der Waals surface area (Å²) in [7, 11) is -3.81. The van der Waals surface area contributed by atoms with Crippen molar-refractivity contribution in [2.24, 2.45) is 0 Å². The molecule has 1 atom stereocenters. The third kappa shape index (κ3) is 8.68. The topological polar surface area (TPSA) is 86.8 Å². The maximum Gasteiger partial charge on any atom is 0.244 e. The number of hydrogen-bond donors (Lipinski definition) is 1. The molecule has 0 radical (unpaired) electrons. The van der Waals surface area contributed by atoms with Crippen LogP contribution in [0, 0.1) is 20.8 Å². The molecule has 2 amide bonds. The van der Waals surface area contributed by atoms with Crippen LogP contribution in [0.2, 0.25) is 0 Å². The molecule has 0 aliphatic carbocycles. The molecular formula is C32H41N3O4S. The molecule has 0 saturated carbocycles. The van der Waals surface area contributed by atoms with E-state index in [2.05, 4.69) is 5.32 Å². The molecule has 7 nitrogen and oxygen atoms in total. The third-order valence-electron chi connectivity index (χ3n) is 6.56. The van der Waals surface area contributed by atoms with Crippen LogP contribution in [0.3, 0.4) is 0 Å². The van der Waals surface area contributed by atoms with Crippen LogP contribution in [0.1, 0.15) is 48.6 Å². The molecule has 8 heteroatoms. The molecule has 0 aliphatic heterocycles. The van der Waals surface area contributed by atoms with E-state index in [1.807, 2.05) is 108 Å². The monoisotopic (exact) mass is 563 g/mol. The Hall–Kier alpha value is -3.65. The van der Waals surface area contributed by atoms with Gasteiger partial charge in [-0.3, -0.25) is 13.9 Å². The molecule has 0 spiro atoms. The molecule has 40 heavy (non-hydrogen) atoms. The van der Waals surface area contributed by atoms with E-state index in [1.165, 1.54) is 4.90 Å². The first-order chi connectivity index (χ1) is 18.6. The summed E-state index contributed by atoms with van der Waals surface area (Å²) in [4.78, 5) is 29.5. The fraction of sp³-hybridized carbons (Fsp3) is 0.375. The van der Waals surface area contributed by atoms with Crippen molar-refractivity contribution in [3.63, 3.8) is 0 Å². The molecule has 0 bridgehead atoms. The summed E-state index contributed by atoms with van der Waals surface area (Å²) < 4.78 is 27.2. The number of nitrogens with one attached hydrogen (secondary N) is 1. The number of amides is 2. The van der Waals surface area contributed by atoms with Gasteiger partial charge in [0, 0.05) is 18.5 Å². The Kier molecular flexibility index (Phi) is 9.79. The third-order valence-corrected chi connectivity index (χ3v) is 7.68. The van der Waals surface area contributed by atoms with E-state index in [1.54, 1.807) is 6.07 Å². The van der Waals surface area contributed by atoms with Gasteiger partial charge in [-0.2, -0.15) is 0 Å². The quantitative estimate of drug-likeness (QED) is 0.379. The minimum Gasteiger partial charge on any atom is -0.350 e. The van der Waals surface area contributed by atoms with Gasteiger partial charge >= 0.3 is 0 Å². The van der Waals surface area contributed by atoms with E-state index < -0.39 is 34.1 Å². The highest BCUT2D eigenvalue weighted by Gasteiger charge is 2.34. The highest BCUT2D eigenvalue weighted by Crippen LogP contribution is 2.25. The first kappa shape index (κ1) is 30.9. The van der Waals surface area contributed by atoms with Crippen LogP contribution in [0.5, 0.6) is 0 Å². The fourth-order valence-corrected chi connectivity index (χ4v) is 5.38. The predicted octanol–water partition coefficient (Wildman–Crippen LogP) is 4.93. The molecule has 3 aromatic rings. The summed E-state index contributed by atoms with van der Waals surface area (Å²) >= 11 is 0. The van der Waals surface area contributed by atoms with Crippen LogP contribution >= 0.6 is 0 Å². The fourth-order valence-electron chi connectivity index (χ4n) is 4.48. The Morgan fingerprint density at radius 3 is 2.02 bits per heavy atom. The predicted molar refractivity (Wildman–Crippen MR) is 162 cm³/mol. The number of sulfonamides is 1. The van der Waals surface area contributed by atoms with Gasteiger partial charge in [-0.1, -0.05) is 72.3 Å². The van der Waals surface area contributed by atoms with Gasteiger partial charge in [-0.05, 0) is 69.9 Å². The summed E-state index contributed by atoms with van der Waals surface area (Å²) in [6, 6.07) is 21.9. The second kappa shape index (κ2) is 12.7. The molecule has 1 N–H and O–H groups in total. The lowest BCUT2D eigenvalue weighted by Gasteiger charge is -2.35. The molecule has 0 aromatic heterocycles. The Balaban J connectivity index is 2.09. The summed E-state index contributed by atoms with van der Waals surface area (Å²) in [5.41, 5.74) is 4.36. The smallest absolute Gasteiger partial charge is 0.244 e. The largest absolute Gasteiger partial charge is 0.350 e. The van der Waals surface area contributed by atoms with Crippen LogP contribution in [0.15, 0.2) is 72.8 Å². The normalized spacial score (nSPS) is 12.5. The van der Waals surface area contributed by atoms with Crippen molar-refractivity contribution in [3.8, 4) is 0 Å². The zero-order chi connectivity index (χ0) is 29.7. The Morgan fingerprint density at radius 2 is 1.45 bits per heavy atom. The van der Waals surface area contributed by atoms with Crippen molar-refractivity contribution < 1.29 is 18.0 Å². The van der Waals surface area contributed by atoms with Crippen molar-refractivity contribution in [3.05, 3.63) is 101 Å². The van der Waals surface area contributed by atoms with Gasteiger partial charge in [0.1, 0.15) is 12.6 Å². The Morgan fingerprint density at radius 1 is 0.850 bits per heavy atom. The highest BCUT2D eigenvalue weighted by molar-refractivity contribution is 7.92. The van der Waals surface area contributed by atoms with E-state index in [-0.39, 0.29) is 18.9 Å². The molecule has 0 aliphatic rings. The van der Waals surface area contributed by atoms with Crippen molar-refractivity contribution >= 4 is 27.5 Å². The lowest BCUT2D eigenvalue weighted by molar-refractivity contribution is -0.140. The standard InChI is InChI=1S/C32H41N3O4S/c1-23-14-17-27(18-15-23)21-34(29(31(37)33-32(4,5)6)20-26-11-9-8-10-12-26)30(36)22-35(40(7,38)39)28-19-24(2)13-16-25(28)3/h8-19,29H,20-22H2,1-7H3,(H,33,37). The number of nitrogens with zero attached hydrogens (tertiary/aromatic N) is 2. The van der Waals surface area contributed by atoms with Gasteiger partial charge in [-0.25, -0.2) is 8.42 Å². The molecule has 0 heterocycles. The summed E-state index contributed by atoms with van der Waals surface area (Å²) in [5, 5.41) is 3.04.